The van der Waals surface area contributed by atoms with E-state index in [1.165, 1.54) is 18.5 Å². The van der Waals surface area contributed by atoms with Gasteiger partial charge in [-0.25, -0.2) is 9.37 Å². The number of carbonyl (C=O) groups excluding carboxylic acids is 1. The van der Waals surface area contributed by atoms with E-state index in [2.05, 4.69) is 20.5 Å². The molecule has 3 aromatic rings. The fourth-order valence-corrected chi connectivity index (χ4v) is 2.21. The number of carbonyl (C=O) groups is 1. The van der Waals surface area contributed by atoms with Gasteiger partial charge in [0.2, 0.25) is 0 Å². The number of anilines is 1. The van der Waals surface area contributed by atoms with Crippen LogP contribution in [0.25, 0.3) is 11.4 Å². The van der Waals surface area contributed by atoms with Crippen LogP contribution in [0.5, 0.6) is 5.75 Å². The lowest BCUT2D eigenvalue weighted by molar-refractivity contribution is -0.118. The van der Waals surface area contributed by atoms with Crippen LogP contribution in [0.4, 0.5) is 10.1 Å². The van der Waals surface area contributed by atoms with Crippen LogP contribution in [0.3, 0.4) is 0 Å². The van der Waals surface area contributed by atoms with E-state index in [4.69, 9.17) is 16.3 Å². The Hall–Kier alpha value is -2.93. The number of amides is 1. The Morgan fingerprint density at radius 3 is 2.71 bits per heavy atom. The standard InChI is InChI=1S/C16H12ClFN4O2/c17-13-7-11(18)3-6-14(13)24-8-15(23)21-12-4-1-10(2-5-12)16-19-9-20-22-16/h1-7,9H,8H2,(H,21,23)(H,19,20,22). The molecule has 122 valence electrons. The van der Waals surface area contributed by atoms with Crippen LogP contribution in [-0.4, -0.2) is 27.7 Å². The van der Waals surface area contributed by atoms with Gasteiger partial charge in [-0.3, -0.25) is 9.89 Å². The second kappa shape index (κ2) is 7.10. The molecular weight excluding hydrogens is 335 g/mol. The Morgan fingerprint density at radius 2 is 2.04 bits per heavy atom. The van der Waals surface area contributed by atoms with E-state index in [1.54, 1.807) is 24.3 Å². The Balaban J connectivity index is 1.56. The Labute approximate surface area is 141 Å². The SMILES string of the molecule is O=C(COc1ccc(F)cc1Cl)Nc1ccc(-c2ncn[nH]2)cc1. The van der Waals surface area contributed by atoms with Crippen molar-refractivity contribution >= 4 is 23.2 Å². The third-order valence-corrected chi connectivity index (χ3v) is 3.41. The summed E-state index contributed by atoms with van der Waals surface area (Å²) in [5.74, 6) is 0.0579. The third-order valence-electron chi connectivity index (χ3n) is 3.11. The molecule has 0 aliphatic carbocycles. The number of hydrogen-bond donors (Lipinski definition) is 2. The number of hydrogen-bond acceptors (Lipinski definition) is 4. The predicted octanol–water partition coefficient (Wildman–Crippen LogP) is 3.28. The van der Waals surface area contributed by atoms with Crippen LogP contribution in [0.15, 0.2) is 48.8 Å². The molecule has 24 heavy (non-hydrogen) atoms. The quantitative estimate of drug-likeness (QED) is 0.743. The van der Waals surface area contributed by atoms with Gasteiger partial charge in [-0.05, 0) is 42.5 Å². The van der Waals surface area contributed by atoms with Crippen LogP contribution in [0, 0.1) is 5.82 Å². The molecule has 0 spiro atoms. The molecule has 2 aromatic carbocycles. The second-order valence-corrected chi connectivity index (χ2v) is 5.23. The number of nitrogens with zero attached hydrogens (tertiary/aromatic N) is 2. The molecule has 0 unspecified atom stereocenters. The zero-order valence-corrected chi connectivity index (χ0v) is 13.0. The summed E-state index contributed by atoms with van der Waals surface area (Å²) in [6.45, 7) is -0.241. The predicted molar refractivity (Wildman–Crippen MR) is 87.4 cm³/mol. The Kier molecular flexibility index (Phi) is 4.72. The van der Waals surface area contributed by atoms with Crippen molar-refractivity contribution in [3.63, 3.8) is 0 Å². The van der Waals surface area contributed by atoms with Crippen molar-refractivity contribution in [1.82, 2.24) is 15.2 Å². The first kappa shape index (κ1) is 15.9. The van der Waals surface area contributed by atoms with E-state index >= 15 is 0 Å². The minimum atomic E-state index is -0.469. The third kappa shape index (κ3) is 3.88. The van der Waals surface area contributed by atoms with E-state index < -0.39 is 5.82 Å². The summed E-state index contributed by atoms with van der Waals surface area (Å²) < 4.78 is 18.2. The number of aromatic nitrogens is 3. The van der Waals surface area contributed by atoms with E-state index in [-0.39, 0.29) is 23.3 Å². The molecule has 0 aliphatic rings. The lowest BCUT2D eigenvalue weighted by Crippen LogP contribution is -2.20. The molecule has 1 amide bonds. The number of rotatable bonds is 5. The van der Waals surface area contributed by atoms with Crippen molar-refractivity contribution in [2.75, 3.05) is 11.9 Å². The van der Waals surface area contributed by atoms with E-state index in [1.807, 2.05) is 0 Å². The van der Waals surface area contributed by atoms with Crippen molar-refractivity contribution in [2.45, 2.75) is 0 Å². The molecule has 2 N–H and O–H groups in total. The highest BCUT2D eigenvalue weighted by Gasteiger charge is 2.08. The first-order valence-corrected chi connectivity index (χ1v) is 7.33. The molecule has 0 bridgehead atoms. The van der Waals surface area contributed by atoms with Crippen molar-refractivity contribution in [1.29, 1.82) is 0 Å². The number of aromatic amines is 1. The maximum atomic E-state index is 12.9. The fraction of sp³-hybridized carbons (Fsp3) is 0.0625. The maximum absolute atomic E-state index is 12.9. The van der Waals surface area contributed by atoms with Crippen LogP contribution in [-0.2, 0) is 4.79 Å². The summed E-state index contributed by atoms with van der Waals surface area (Å²) in [5.41, 5.74) is 1.46. The average molecular weight is 347 g/mol. The van der Waals surface area contributed by atoms with Gasteiger partial charge in [0.15, 0.2) is 12.4 Å². The summed E-state index contributed by atoms with van der Waals surface area (Å²) in [6, 6.07) is 10.8. The molecule has 0 saturated carbocycles. The molecule has 1 heterocycles. The highest BCUT2D eigenvalue weighted by molar-refractivity contribution is 6.32. The molecule has 0 radical (unpaired) electrons. The van der Waals surface area contributed by atoms with Gasteiger partial charge in [-0.15, -0.1) is 0 Å². The first-order valence-electron chi connectivity index (χ1n) is 6.95. The zero-order valence-electron chi connectivity index (χ0n) is 12.3. The molecule has 1 aromatic heterocycles. The molecule has 8 heteroatoms. The topological polar surface area (TPSA) is 79.9 Å². The van der Waals surface area contributed by atoms with E-state index in [9.17, 15) is 9.18 Å². The minimum Gasteiger partial charge on any atom is -0.482 e. The average Bonchev–Trinajstić information content (AvgIpc) is 3.09. The maximum Gasteiger partial charge on any atom is 0.262 e. The lowest BCUT2D eigenvalue weighted by Gasteiger charge is -2.09. The molecule has 0 aliphatic heterocycles. The molecule has 0 saturated heterocycles. The fourth-order valence-electron chi connectivity index (χ4n) is 1.99. The number of nitrogens with one attached hydrogen (secondary N) is 2. The van der Waals surface area contributed by atoms with Crippen LogP contribution >= 0.6 is 11.6 Å². The van der Waals surface area contributed by atoms with Gasteiger partial charge < -0.3 is 10.1 Å². The van der Waals surface area contributed by atoms with Crippen LogP contribution < -0.4 is 10.1 Å². The number of halogens is 2. The van der Waals surface area contributed by atoms with Crippen molar-refractivity contribution in [2.24, 2.45) is 0 Å². The van der Waals surface area contributed by atoms with Gasteiger partial charge in [0.1, 0.15) is 17.9 Å². The summed E-state index contributed by atoms with van der Waals surface area (Å²) in [5, 5.41) is 9.33. The van der Waals surface area contributed by atoms with Crippen LogP contribution in [0.2, 0.25) is 5.02 Å². The van der Waals surface area contributed by atoms with Crippen LogP contribution in [0.1, 0.15) is 0 Å². The number of benzene rings is 2. The van der Waals surface area contributed by atoms with E-state index in [0.29, 0.717) is 11.5 Å². The largest absolute Gasteiger partial charge is 0.482 e. The molecule has 3 rings (SSSR count). The van der Waals surface area contributed by atoms with Gasteiger partial charge in [0.25, 0.3) is 5.91 Å². The van der Waals surface area contributed by atoms with Crippen molar-refractivity contribution < 1.29 is 13.9 Å². The zero-order chi connectivity index (χ0) is 16.9. The van der Waals surface area contributed by atoms with Gasteiger partial charge in [-0.1, -0.05) is 11.6 Å². The summed E-state index contributed by atoms with van der Waals surface area (Å²) in [7, 11) is 0. The van der Waals surface area contributed by atoms with Gasteiger partial charge in [-0.2, -0.15) is 5.10 Å². The van der Waals surface area contributed by atoms with E-state index in [0.717, 1.165) is 11.6 Å². The van der Waals surface area contributed by atoms with Gasteiger partial charge >= 0.3 is 0 Å². The van der Waals surface area contributed by atoms with Crippen molar-refractivity contribution in [3.8, 4) is 17.1 Å². The number of ether oxygens (including phenoxy) is 1. The molecular formula is C16H12ClFN4O2. The van der Waals surface area contributed by atoms with Crippen molar-refractivity contribution in [3.05, 3.63) is 59.6 Å². The Morgan fingerprint density at radius 1 is 1.25 bits per heavy atom. The summed E-state index contributed by atoms with van der Waals surface area (Å²) in [6.07, 6.45) is 1.42. The normalized spacial score (nSPS) is 10.4. The molecule has 6 nitrogen and oxygen atoms in total. The highest BCUT2D eigenvalue weighted by Crippen LogP contribution is 2.24. The highest BCUT2D eigenvalue weighted by atomic mass is 35.5. The smallest absolute Gasteiger partial charge is 0.262 e. The minimum absolute atomic E-state index is 0.110. The summed E-state index contributed by atoms with van der Waals surface area (Å²) in [4.78, 5) is 15.9. The molecule has 0 fully saturated rings. The lowest BCUT2D eigenvalue weighted by atomic mass is 10.2. The molecule has 0 atom stereocenters. The number of H-pyrrole nitrogens is 1. The Bertz CT molecular complexity index is 838. The second-order valence-electron chi connectivity index (χ2n) is 4.82. The first-order chi connectivity index (χ1) is 11.6. The monoisotopic (exact) mass is 346 g/mol. The van der Waals surface area contributed by atoms with Gasteiger partial charge in [0, 0.05) is 11.3 Å². The summed E-state index contributed by atoms with van der Waals surface area (Å²) >= 11 is 5.83. The van der Waals surface area contributed by atoms with Gasteiger partial charge in [0.05, 0.1) is 5.02 Å².